The Balaban J connectivity index is 1.45. The fourth-order valence-electron chi connectivity index (χ4n) is 5.64. The van der Waals surface area contributed by atoms with Crippen molar-refractivity contribution in [3.63, 3.8) is 0 Å². The molecule has 1 aromatic rings. The van der Waals surface area contributed by atoms with Gasteiger partial charge in [-0.1, -0.05) is 30.3 Å². The lowest BCUT2D eigenvalue weighted by molar-refractivity contribution is -0.138. The van der Waals surface area contributed by atoms with Crippen LogP contribution in [-0.2, 0) is 15.1 Å². The van der Waals surface area contributed by atoms with Gasteiger partial charge in [0.2, 0.25) is 5.91 Å². The SMILES string of the molecule is COCC1(C(=O)N2CCC3(CCC(c4ccccc4)(N(C)C)CC3)C2)CC1. The van der Waals surface area contributed by atoms with Crippen molar-refractivity contribution in [1.29, 1.82) is 0 Å². The van der Waals surface area contributed by atoms with Crippen LogP contribution in [0.3, 0.4) is 0 Å². The monoisotopic (exact) mass is 370 g/mol. The molecule has 0 unspecified atom stereocenters. The maximum atomic E-state index is 13.0. The van der Waals surface area contributed by atoms with Crippen molar-refractivity contribution in [2.45, 2.75) is 50.5 Å². The first-order chi connectivity index (χ1) is 13.0. The summed E-state index contributed by atoms with van der Waals surface area (Å²) in [6.45, 7) is 2.48. The zero-order valence-corrected chi connectivity index (χ0v) is 17.2. The molecule has 2 aliphatic carbocycles. The summed E-state index contributed by atoms with van der Waals surface area (Å²) >= 11 is 0. The minimum atomic E-state index is -0.188. The molecule has 4 nitrogen and oxygen atoms in total. The third kappa shape index (κ3) is 3.21. The van der Waals surface area contributed by atoms with Crippen LogP contribution in [0.25, 0.3) is 0 Å². The lowest BCUT2D eigenvalue weighted by Crippen LogP contribution is -2.48. The topological polar surface area (TPSA) is 32.8 Å². The lowest BCUT2D eigenvalue weighted by atomic mass is 9.64. The van der Waals surface area contributed by atoms with Gasteiger partial charge in [0.15, 0.2) is 0 Å². The summed E-state index contributed by atoms with van der Waals surface area (Å²) in [5, 5.41) is 0. The van der Waals surface area contributed by atoms with Gasteiger partial charge in [0.25, 0.3) is 0 Å². The van der Waals surface area contributed by atoms with Crippen LogP contribution in [0.4, 0.5) is 0 Å². The molecule has 4 heteroatoms. The standard InChI is InChI=1S/C23H34N2O2/c1-24(2)23(19-7-5-4-6-8-19)13-9-21(10-14-23)15-16-25(17-21)20(26)22(11-12-22)18-27-3/h4-8H,9-18H2,1-3H3. The van der Waals surface area contributed by atoms with E-state index in [0.29, 0.717) is 17.9 Å². The molecule has 2 saturated carbocycles. The second-order valence-electron chi connectivity index (χ2n) is 9.48. The fraction of sp³-hybridized carbons (Fsp3) is 0.696. The Bertz CT molecular complexity index is 673. The van der Waals surface area contributed by atoms with E-state index in [4.69, 9.17) is 4.74 Å². The third-order valence-corrected chi connectivity index (χ3v) is 7.76. The Morgan fingerprint density at radius 1 is 1.04 bits per heavy atom. The van der Waals surface area contributed by atoms with Crippen molar-refractivity contribution in [2.24, 2.45) is 10.8 Å². The summed E-state index contributed by atoms with van der Waals surface area (Å²) in [6, 6.07) is 11.0. The maximum absolute atomic E-state index is 13.0. The Morgan fingerprint density at radius 2 is 1.70 bits per heavy atom. The number of hydrogen-bond acceptors (Lipinski definition) is 3. The van der Waals surface area contributed by atoms with Crippen LogP contribution in [-0.4, -0.2) is 56.6 Å². The quantitative estimate of drug-likeness (QED) is 0.793. The second kappa shape index (κ2) is 6.89. The van der Waals surface area contributed by atoms with Gasteiger partial charge in [-0.25, -0.2) is 0 Å². The van der Waals surface area contributed by atoms with Crippen LogP contribution < -0.4 is 0 Å². The number of hydrogen-bond donors (Lipinski definition) is 0. The van der Waals surface area contributed by atoms with Gasteiger partial charge < -0.3 is 9.64 Å². The first-order valence-electron chi connectivity index (χ1n) is 10.5. The molecule has 0 bridgehead atoms. The molecule has 3 aliphatic rings. The van der Waals surface area contributed by atoms with E-state index in [-0.39, 0.29) is 11.0 Å². The van der Waals surface area contributed by atoms with Crippen molar-refractivity contribution in [3.05, 3.63) is 35.9 Å². The summed E-state index contributed by atoms with van der Waals surface area (Å²) < 4.78 is 5.34. The molecule has 1 aliphatic heterocycles. The second-order valence-corrected chi connectivity index (χ2v) is 9.48. The van der Waals surface area contributed by atoms with Crippen LogP contribution in [0.5, 0.6) is 0 Å². The number of ether oxygens (including phenoxy) is 1. The van der Waals surface area contributed by atoms with Gasteiger partial charge in [0.1, 0.15) is 0 Å². The van der Waals surface area contributed by atoms with Gasteiger partial charge in [-0.15, -0.1) is 0 Å². The van der Waals surface area contributed by atoms with Gasteiger partial charge in [0.05, 0.1) is 12.0 Å². The van der Waals surface area contributed by atoms with Crippen LogP contribution in [0.1, 0.15) is 50.5 Å². The molecule has 0 aromatic heterocycles. The molecule has 1 saturated heterocycles. The molecule has 1 amide bonds. The number of likely N-dealkylation sites (tertiary alicyclic amines) is 1. The van der Waals surface area contributed by atoms with E-state index < -0.39 is 0 Å². The summed E-state index contributed by atoms with van der Waals surface area (Å²) in [6.07, 6.45) is 7.94. The van der Waals surface area contributed by atoms with Crippen LogP contribution >= 0.6 is 0 Å². The van der Waals surface area contributed by atoms with Gasteiger partial charge in [-0.3, -0.25) is 9.69 Å². The number of carbonyl (C=O) groups is 1. The highest BCUT2D eigenvalue weighted by atomic mass is 16.5. The summed E-state index contributed by atoms with van der Waals surface area (Å²) in [5.41, 5.74) is 1.71. The van der Waals surface area contributed by atoms with Crippen molar-refractivity contribution in [1.82, 2.24) is 9.80 Å². The van der Waals surface area contributed by atoms with Crippen LogP contribution in [0.15, 0.2) is 30.3 Å². The minimum absolute atomic E-state index is 0.137. The number of nitrogens with zero attached hydrogens (tertiary/aromatic N) is 2. The third-order valence-electron chi connectivity index (χ3n) is 7.76. The van der Waals surface area contributed by atoms with Crippen LogP contribution in [0.2, 0.25) is 0 Å². The Hall–Kier alpha value is -1.39. The summed E-state index contributed by atoms with van der Waals surface area (Å²) in [7, 11) is 6.15. The predicted octanol–water partition coefficient (Wildman–Crippen LogP) is 3.66. The van der Waals surface area contributed by atoms with E-state index in [0.717, 1.165) is 25.9 Å². The molecule has 0 N–H and O–H groups in total. The predicted molar refractivity (Wildman–Crippen MR) is 107 cm³/mol. The van der Waals surface area contributed by atoms with E-state index >= 15 is 0 Å². The zero-order chi connectivity index (χ0) is 19.1. The van der Waals surface area contributed by atoms with Gasteiger partial charge in [0, 0.05) is 25.7 Å². The lowest BCUT2D eigenvalue weighted by Gasteiger charge is -2.49. The summed E-state index contributed by atoms with van der Waals surface area (Å²) in [5.74, 6) is 0.355. The average Bonchev–Trinajstić information content (AvgIpc) is 3.36. The fourth-order valence-corrected chi connectivity index (χ4v) is 5.64. The highest BCUT2D eigenvalue weighted by molar-refractivity contribution is 5.85. The Morgan fingerprint density at radius 3 is 2.26 bits per heavy atom. The molecule has 27 heavy (non-hydrogen) atoms. The molecule has 0 radical (unpaired) electrons. The van der Waals surface area contributed by atoms with E-state index in [9.17, 15) is 4.79 Å². The molecule has 148 valence electrons. The minimum Gasteiger partial charge on any atom is -0.384 e. The van der Waals surface area contributed by atoms with Crippen molar-refractivity contribution >= 4 is 5.91 Å². The largest absolute Gasteiger partial charge is 0.384 e. The molecule has 1 aromatic carbocycles. The Labute approximate surface area is 163 Å². The number of rotatable bonds is 5. The molecular formula is C23H34N2O2. The molecule has 0 atom stereocenters. The van der Waals surface area contributed by atoms with Crippen molar-refractivity contribution in [3.8, 4) is 0 Å². The van der Waals surface area contributed by atoms with Crippen molar-refractivity contribution < 1.29 is 9.53 Å². The number of amides is 1. The molecule has 1 heterocycles. The normalized spacial score (nSPS) is 32.2. The van der Waals surface area contributed by atoms with Gasteiger partial charge in [-0.05, 0) is 70.0 Å². The average molecular weight is 371 g/mol. The first-order valence-corrected chi connectivity index (χ1v) is 10.5. The van der Waals surface area contributed by atoms with Gasteiger partial charge >= 0.3 is 0 Å². The molecule has 4 rings (SSSR count). The van der Waals surface area contributed by atoms with Gasteiger partial charge in [-0.2, -0.15) is 0 Å². The van der Waals surface area contributed by atoms with Crippen molar-refractivity contribution in [2.75, 3.05) is 40.9 Å². The molecule has 3 fully saturated rings. The first kappa shape index (κ1) is 18.9. The number of benzene rings is 1. The van der Waals surface area contributed by atoms with E-state index in [2.05, 4.69) is 54.2 Å². The summed E-state index contributed by atoms with van der Waals surface area (Å²) in [4.78, 5) is 17.6. The smallest absolute Gasteiger partial charge is 0.231 e. The molecular weight excluding hydrogens is 336 g/mol. The Kier molecular flexibility index (Phi) is 4.84. The number of methoxy groups -OCH3 is 1. The van der Waals surface area contributed by atoms with E-state index in [1.54, 1.807) is 7.11 Å². The van der Waals surface area contributed by atoms with E-state index in [1.165, 1.54) is 37.7 Å². The molecule has 1 spiro atoms. The maximum Gasteiger partial charge on any atom is 0.231 e. The van der Waals surface area contributed by atoms with E-state index in [1.807, 2.05) is 0 Å². The number of carbonyl (C=O) groups excluding carboxylic acids is 1. The van der Waals surface area contributed by atoms with Crippen LogP contribution in [0, 0.1) is 10.8 Å². The highest BCUT2D eigenvalue weighted by Gasteiger charge is 2.55. The zero-order valence-electron chi connectivity index (χ0n) is 17.2. The highest BCUT2D eigenvalue weighted by Crippen LogP contribution is 2.54.